The number of hydrogen-bond acceptors (Lipinski definition) is 5. The summed E-state index contributed by atoms with van der Waals surface area (Å²) in [6.07, 6.45) is 8.30. The van der Waals surface area contributed by atoms with Crippen LogP contribution in [-0.4, -0.2) is 22.3 Å². The van der Waals surface area contributed by atoms with Gasteiger partial charge >= 0.3 is 0 Å². The molecule has 0 aliphatic heterocycles. The second-order valence-electron chi connectivity index (χ2n) is 5.47. The van der Waals surface area contributed by atoms with E-state index in [2.05, 4.69) is 10.1 Å². The molecule has 1 heterocycles. The molecule has 2 aliphatic carbocycles. The van der Waals surface area contributed by atoms with Crippen molar-refractivity contribution in [1.29, 1.82) is 0 Å². The lowest BCUT2D eigenvalue weighted by Gasteiger charge is -2.20. The van der Waals surface area contributed by atoms with Crippen molar-refractivity contribution in [2.45, 2.75) is 69.6 Å². The van der Waals surface area contributed by atoms with Crippen LogP contribution in [-0.2, 0) is 11.3 Å². The number of aromatic nitrogens is 2. The number of ether oxygens (including phenoxy) is 1. The van der Waals surface area contributed by atoms with Gasteiger partial charge in [0.05, 0.1) is 6.10 Å². The summed E-state index contributed by atoms with van der Waals surface area (Å²) in [5, 5.41) is 3.96. The Hall–Kier alpha value is -0.940. The molecule has 2 aliphatic rings. The molecule has 2 saturated carbocycles. The predicted octanol–water partition coefficient (Wildman–Crippen LogP) is 2.12. The Balaban J connectivity index is 1.52. The molecule has 0 radical (unpaired) electrons. The maximum atomic E-state index is 6.12. The van der Waals surface area contributed by atoms with Gasteiger partial charge in [-0.2, -0.15) is 4.98 Å². The van der Waals surface area contributed by atoms with Gasteiger partial charge in [-0.05, 0) is 25.7 Å². The van der Waals surface area contributed by atoms with Gasteiger partial charge in [-0.1, -0.05) is 24.4 Å². The molecule has 0 amide bonds. The first kappa shape index (κ1) is 12.1. The molecule has 5 heteroatoms. The molecule has 2 atom stereocenters. The van der Waals surface area contributed by atoms with E-state index in [0.29, 0.717) is 18.3 Å². The molecule has 18 heavy (non-hydrogen) atoms. The van der Waals surface area contributed by atoms with Crippen LogP contribution in [0.25, 0.3) is 0 Å². The van der Waals surface area contributed by atoms with Crippen molar-refractivity contribution in [2.75, 3.05) is 0 Å². The maximum Gasteiger partial charge on any atom is 0.229 e. The summed E-state index contributed by atoms with van der Waals surface area (Å²) in [5.74, 6) is 1.94. The van der Waals surface area contributed by atoms with Crippen LogP contribution in [0.3, 0.4) is 0 Å². The third-order valence-electron chi connectivity index (χ3n) is 3.84. The Kier molecular flexibility index (Phi) is 3.61. The molecule has 0 saturated heterocycles. The van der Waals surface area contributed by atoms with Gasteiger partial charge < -0.3 is 15.0 Å². The number of hydrogen-bond donors (Lipinski definition) is 1. The van der Waals surface area contributed by atoms with Crippen LogP contribution in [0.15, 0.2) is 4.52 Å². The Bertz CT molecular complexity index is 389. The normalized spacial score (nSPS) is 29.2. The zero-order valence-electron chi connectivity index (χ0n) is 10.7. The minimum atomic E-state index is 0.148. The summed E-state index contributed by atoms with van der Waals surface area (Å²) < 4.78 is 11.1. The third kappa shape index (κ3) is 2.90. The highest BCUT2D eigenvalue weighted by Crippen LogP contribution is 2.38. The molecule has 1 aromatic rings. The van der Waals surface area contributed by atoms with Crippen LogP contribution in [0.5, 0.6) is 0 Å². The highest BCUT2D eigenvalue weighted by atomic mass is 16.5. The van der Waals surface area contributed by atoms with Crippen molar-refractivity contribution in [1.82, 2.24) is 10.1 Å². The predicted molar refractivity (Wildman–Crippen MR) is 65.9 cm³/mol. The Morgan fingerprint density at radius 1 is 1.17 bits per heavy atom. The van der Waals surface area contributed by atoms with Crippen molar-refractivity contribution in [3.63, 3.8) is 0 Å². The van der Waals surface area contributed by atoms with Gasteiger partial charge in [0.2, 0.25) is 5.89 Å². The first-order valence-corrected chi connectivity index (χ1v) is 7.02. The average Bonchev–Trinajstić information content (AvgIpc) is 3.15. The van der Waals surface area contributed by atoms with Crippen LogP contribution in [0.2, 0.25) is 0 Å². The van der Waals surface area contributed by atoms with Crippen LogP contribution in [0.1, 0.15) is 62.6 Å². The van der Waals surface area contributed by atoms with Crippen LogP contribution in [0.4, 0.5) is 0 Å². The zero-order valence-corrected chi connectivity index (χ0v) is 10.7. The van der Waals surface area contributed by atoms with Crippen molar-refractivity contribution in [3.8, 4) is 0 Å². The van der Waals surface area contributed by atoms with Crippen LogP contribution < -0.4 is 5.73 Å². The van der Waals surface area contributed by atoms with E-state index in [9.17, 15) is 0 Å². The average molecular weight is 251 g/mol. The summed E-state index contributed by atoms with van der Waals surface area (Å²) in [5.41, 5.74) is 6.12. The lowest BCUT2D eigenvalue weighted by Crippen LogP contribution is -2.35. The lowest BCUT2D eigenvalue weighted by atomic mass is 10.1. The largest absolute Gasteiger partial charge is 0.368 e. The van der Waals surface area contributed by atoms with Gasteiger partial charge in [0, 0.05) is 12.0 Å². The molecule has 0 bridgehead atoms. The lowest BCUT2D eigenvalue weighted by molar-refractivity contribution is 0.0152. The van der Waals surface area contributed by atoms with Crippen LogP contribution in [0, 0.1) is 0 Å². The zero-order chi connectivity index (χ0) is 12.4. The van der Waals surface area contributed by atoms with E-state index in [4.69, 9.17) is 15.0 Å². The second-order valence-corrected chi connectivity index (χ2v) is 5.47. The molecule has 3 rings (SSSR count). The van der Waals surface area contributed by atoms with Crippen molar-refractivity contribution in [2.24, 2.45) is 5.73 Å². The highest BCUT2D eigenvalue weighted by molar-refractivity contribution is 5.01. The molecule has 1 aromatic heterocycles. The summed E-state index contributed by atoms with van der Waals surface area (Å²) >= 11 is 0. The first-order valence-electron chi connectivity index (χ1n) is 7.02. The molecule has 2 unspecified atom stereocenters. The molecule has 2 fully saturated rings. The van der Waals surface area contributed by atoms with E-state index in [-0.39, 0.29) is 12.1 Å². The minimum Gasteiger partial charge on any atom is -0.368 e. The molecule has 2 N–H and O–H groups in total. The maximum absolute atomic E-state index is 6.12. The second kappa shape index (κ2) is 5.36. The summed E-state index contributed by atoms with van der Waals surface area (Å²) in [6.45, 7) is 0.425. The fourth-order valence-corrected chi connectivity index (χ4v) is 2.51. The topological polar surface area (TPSA) is 74.2 Å². The Labute approximate surface area is 107 Å². The fraction of sp³-hybridized carbons (Fsp3) is 0.846. The van der Waals surface area contributed by atoms with Gasteiger partial charge in [-0.3, -0.25) is 0 Å². The monoisotopic (exact) mass is 251 g/mol. The van der Waals surface area contributed by atoms with Gasteiger partial charge in [-0.25, -0.2) is 0 Å². The molecule has 0 spiro atoms. The van der Waals surface area contributed by atoms with E-state index >= 15 is 0 Å². The van der Waals surface area contributed by atoms with Crippen molar-refractivity contribution in [3.05, 3.63) is 11.7 Å². The summed E-state index contributed by atoms with van der Waals surface area (Å²) in [4.78, 5) is 4.36. The van der Waals surface area contributed by atoms with E-state index in [1.54, 1.807) is 0 Å². The summed E-state index contributed by atoms with van der Waals surface area (Å²) in [6, 6.07) is 0.155. The quantitative estimate of drug-likeness (QED) is 0.830. The van der Waals surface area contributed by atoms with E-state index < -0.39 is 0 Å². The van der Waals surface area contributed by atoms with Crippen molar-refractivity contribution >= 4 is 0 Å². The molecule has 0 aromatic carbocycles. The number of nitrogens with zero attached hydrogens (tertiary/aromatic N) is 2. The Morgan fingerprint density at radius 2 is 2.00 bits per heavy atom. The van der Waals surface area contributed by atoms with Crippen LogP contribution >= 0.6 is 0 Å². The summed E-state index contributed by atoms with van der Waals surface area (Å²) in [7, 11) is 0. The number of rotatable bonds is 4. The van der Waals surface area contributed by atoms with E-state index in [0.717, 1.165) is 18.7 Å². The molecular weight excluding hydrogens is 230 g/mol. The number of nitrogens with two attached hydrogens (primary N) is 1. The van der Waals surface area contributed by atoms with E-state index in [1.165, 1.54) is 32.1 Å². The van der Waals surface area contributed by atoms with Gasteiger partial charge in [-0.15, -0.1) is 0 Å². The minimum absolute atomic E-state index is 0.148. The van der Waals surface area contributed by atoms with Gasteiger partial charge in [0.1, 0.15) is 6.61 Å². The molecular formula is C13H21N3O2. The van der Waals surface area contributed by atoms with E-state index in [1.807, 2.05) is 0 Å². The SMILES string of the molecule is NC1CCCCCC1OCc1noc(C2CC2)n1. The Morgan fingerprint density at radius 3 is 2.83 bits per heavy atom. The van der Waals surface area contributed by atoms with Gasteiger partial charge in [0.15, 0.2) is 5.82 Å². The molecule has 5 nitrogen and oxygen atoms in total. The smallest absolute Gasteiger partial charge is 0.229 e. The first-order chi connectivity index (χ1) is 8.83. The fourth-order valence-electron chi connectivity index (χ4n) is 2.51. The third-order valence-corrected chi connectivity index (χ3v) is 3.84. The van der Waals surface area contributed by atoms with Gasteiger partial charge in [0.25, 0.3) is 0 Å². The van der Waals surface area contributed by atoms with Crippen molar-refractivity contribution < 1.29 is 9.26 Å². The molecule has 100 valence electrons. The highest BCUT2D eigenvalue weighted by Gasteiger charge is 2.30. The standard InChI is InChI=1S/C13H21N3O2/c14-10-4-2-1-3-5-11(10)17-8-12-15-13(18-16-12)9-6-7-9/h9-11H,1-8,14H2.